The van der Waals surface area contributed by atoms with Crippen LogP contribution in [0.15, 0.2) is 12.3 Å². The van der Waals surface area contributed by atoms with E-state index in [-0.39, 0.29) is 12.0 Å². The van der Waals surface area contributed by atoms with Gasteiger partial charge in [0.05, 0.1) is 13.2 Å². The van der Waals surface area contributed by atoms with Crippen molar-refractivity contribution < 1.29 is 9.53 Å². The van der Waals surface area contributed by atoms with E-state index in [2.05, 4.69) is 25.1 Å². The summed E-state index contributed by atoms with van der Waals surface area (Å²) in [5.74, 6) is 1.86. The summed E-state index contributed by atoms with van der Waals surface area (Å²) in [5.41, 5.74) is 0.400. The van der Waals surface area contributed by atoms with Crippen LogP contribution in [-0.4, -0.2) is 55.7 Å². The monoisotopic (exact) mass is 302 g/mol. The van der Waals surface area contributed by atoms with Gasteiger partial charge in [-0.3, -0.25) is 9.89 Å². The molecule has 0 saturated carbocycles. The highest BCUT2D eigenvalue weighted by atomic mass is 16.5. The van der Waals surface area contributed by atoms with Crippen molar-refractivity contribution in [3.05, 3.63) is 35.4 Å². The predicted octanol–water partition coefficient (Wildman–Crippen LogP) is 0.679. The van der Waals surface area contributed by atoms with Crippen molar-refractivity contribution in [1.82, 2.24) is 30.0 Å². The molecule has 22 heavy (non-hydrogen) atoms. The fourth-order valence-electron chi connectivity index (χ4n) is 2.34. The average molecular weight is 302 g/mol. The van der Waals surface area contributed by atoms with Gasteiger partial charge >= 0.3 is 0 Å². The maximum Gasteiger partial charge on any atom is 0.272 e. The summed E-state index contributed by atoms with van der Waals surface area (Å²) in [6.45, 7) is 5.17. The molecule has 0 bridgehead atoms. The number of amides is 1. The first kappa shape index (κ1) is 14.6. The normalized spacial score (nSPS) is 18.5. The van der Waals surface area contributed by atoms with Gasteiger partial charge in [-0.25, -0.2) is 15.0 Å². The smallest absolute Gasteiger partial charge is 0.272 e. The first-order valence-corrected chi connectivity index (χ1v) is 7.29. The number of aryl methyl sites for hydroxylation is 2. The van der Waals surface area contributed by atoms with Crippen molar-refractivity contribution in [2.45, 2.75) is 26.4 Å². The van der Waals surface area contributed by atoms with E-state index in [1.807, 2.05) is 6.92 Å². The van der Waals surface area contributed by atoms with E-state index in [0.717, 1.165) is 12.2 Å². The van der Waals surface area contributed by atoms with Gasteiger partial charge in [0.15, 0.2) is 5.82 Å². The van der Waals surface area contributed by atoms with Crippen molar-refractivity contribution in [3.8, 4) is 0 Å². The Morgan fingerprint density at radius 2 is 2.36 bits per heavy atom. The molecule has 1 amide bonds. The van der Waals surface area contributed by atoms with Crippen molar-refractivity contribution in [2.75, 3.05) is 19.7 Å². The fourth-order valence-corrected chi connectivity index (χ4v) is 2.34. The first-order valence-electron chi connectivity index (χ1n) is 7.29. The third-order valence-electron chi connectivity index (χ3n) is 3.52. The number of H-pyrrole nitrogens is 1. The zero-order chi connectivity index (χ0) is 15.5. The van der Waals surface area contributed by atoms with E-state index >= 15 is 0 Å². The van der Waals surface area contributed by atoms with Gasteiger partial charge in [-0.2, -0.15) is 5.10 Å². The Hall–Kier alpha value is -2.35. The van der Waals surface area contributed by atoms with Gasteiger partial charge in [0.25, 0.3) is 5.91 Å². The Bertz CT molecular complexity index is 671. The van der Waals surface area contributed by atoms with Gasteiger partial charge in [-0.05, 0) is 13.0 Å². The van der Waals surface area contributed by atoms with E-state index in [9.17, 15) is 4.79 Å². The molecule has 3 heterocycles. The van der Waals surface area contributed by atoms with Crippen LogP contribution in [0.4, 0.5) is 0 Å². The predicted molar refractivity (Wildman–Crippen MR) is 77.1 cm³/mol. The number of ether oxygens (including phenoxy) is 1. The lowest BCUT2D eigenvalue weighted by Crippen LogP contribution is -2.42. The van der Waals surface area contributed by atoms with E-state index in [0.29, 0.717) is 37.0 Å². The molecule has 0 aliphatic carbocycles. The van der Waals surface area contributed by atoms with Crippen molar-refractivity contribution >= 4 is 5.91 Å². The number of aromatic amines is 1. The zero-order valence-electron chi connectivity index (χ0n) is 12.6. The SMILES string of the molecule is CCc1nc([C@@H]2CN(C(=O)c3ccnc(C)n3)CCO2)n[nH]1. The van der Waals surface area contributed by atoms with Crippen LogP contribution in [0.5, 0.6) is 0 Å². The van der Waals surface area contributed by atoms with E-state index in [4.69, 9.17) is 4.74 Å². The molecule has 3 rings (SSSR count). The van der Waals surface area contributed by atoms with Gasteiger partial charge in [-0.1, -0.05) is 6.92 Å². The highest BCUT2D eigenvalue weighted by Gasteiger charge is 2.29. The Morgan fingerprint density at radius 1 is 1.50 bits per heavy atom. The Labute approximate surface area is 127 Å². The van der Waals surface area contributed by atoms with Crippen LogP contribution in [0, 0.1) is 6.92 Å². The molecule has 8 nitrogen and oxygen atoms in total. The van der Waals surface area contributed by atoms with Gasteiger partial charge in [-0.15, -0.1) is 0 Å². The molecule has 1 atom stereocenters. The maximum atomic E-state index is 12.5. The zero-order valence-corrected chi connectivity index (χ0v) is 12.6. The van der Waals surface area contributed by atoms with Crippen LogP contribution >= 0.6 is 0 Å². The molecule has 8 heteroatoms. The quantitative estimate of drug-likeness (QED) is 0.895. The molecule has 0 aromatic carbocycles. The summed E-state index contributed by atoms with van der Waals surface area (Å²) < 4.78 is 5.69. The molecule has 1 aliphatic rings. The van der Waals surface area contributed by atoms with Crippen LogP contribution < -0.4 is 0 Å². The number of hydrogen-bond acceptors (Lipinski definition) is 6. The highest BCUT2D eigenvalue weighted by Crippen LogP contribution is 2.20. The number of carbonyl (C=O) groups excluding carboxylic acids is 1. The summed E-state index contributed by atoms with van der Waals surface area (Å²) in [6, 6.07) is 1.63. The number of aromatic nitrogens is 5. The van der Waals surface area contributed by atoms with Gasteiger partial charge in [0.1, 0.15) is 23.4 Å². The molecule has 1 aliphatic heterocycles. The number of carbonyl (C=O) groups is 1. The molecule has 1 saturated heterocycles. The standard InChI is InChI=1S/C14H18N6O2/c1-3-12-17-13(19-18-12)11-8-20(6-7-22-11)14(21)10-4-5-15-9(2)16-10/h4-5,11H,3,6-8H2,1-2H3,(H,17,18,19)/t11-/m0/s1. The van der Waals surface area contributed by atoms with Crippen LogP contribution in [-0.2, 0) is 11.2 Å². The van der Waals surface area contributed by atoms with Crippen molar-refractivity contribution in [1.29, 1.82) is 0 Å². The first-order chi connectivity index (χ1) is 10.7. The second-order valence-electron chi connectivity index (χ2n) is 5.09. The van der Waals surface area contributed by atoms with Gasteiger partial charge in [0, 0.05) is 19.2 Å². The Balaban J connectivity index is 1.73. The van der Waals surface area contributed by atoms with Crippen LogP contribution in [0.25, 0.3) is 0 Å². The number of nitrogens with one attached hydrogen (secondary N) is 1. The fraction of sp³-hybridized carbons (Fsp3) is 0.500. The third kappa shape index (κ3) is 2.96. The topological polar surface area (TPSA) is 96.9 Å². The van der Waals surface area contributed by atoms with Crippen molar-refractivity contribution in [3.63, 3.8) is 0 Å². The van der Waals surface area contributed by atoms with Gasteiger partial charge < -0.3 is 9.64 Å². The molecule has 1 N–H and O–H groups in total. The summed E-state index contributed by atoms with van der Waals surface area (Å²) in [7, 11) is 0. The Kier molecular flexibility index (Phi) is 4.10. The van der Waals surface area contributed by atoms with Gasteiger partial charge in [0.2, 0.25) is 0 Å². The lowest BCUT2D eigenvalue weighted by molar-refractivity contribution is -0.0268. The highest BCUT2D eigenvalue weighted by molar-refractivity contribution is 5.92. The summed E-state index contributed by atoms with van der Waals surface area (Å²) in [4.78, 5) is 26.8. The molecular formula is C14H18N6O2. The molecule has 2 aromatic heterocycles. The number of hydrogen-bond donors (Lipinski definition) is 1. The van der Waals surface area contributed by atoms with Crippen molar-refractivity contribution in [2.24, 2.45) is 0 Å². The molecule has 0 unspecified atom stereocenters. The lowest BCUT2D eigenvalue weighted by atomic mass is 10.2. The second kappa shape index (κ2) is 6.18. The molecule has 1 fully saturated rings. The largest absolute Gasteiger partial charge is 0.366 e. The van der Waals surface area contributed by atoms with E-state index in [1.54, 1.807) is 24.1 Å². The maximum absolute atomic E-state index is 12.5. The minimum Gasteiger partial charge on any atom is -0.366 e. The summed E-state index contributed by atoms with van der Waals surface area (Å²) in [6.07, 6.45) is 2.07. The lowest BCUT2D eigenvalue weighted by Gasteiger charge is -2.31. The third-order valence-corrected chi connectivity index (χ3v) is 3.52. The van der Waals surface area contributed by atoms with E-state index < -0.39 is 0 Å². The Morgan fingerprint density at radius 3 is 3.09 bits per heavy atom. The summed E-state index contributed by atoms with van der Waals surface area (Å²) in [5, 5.41) is 7.04. The van der Waals surface area contributed by atoms with E-state index in [1.165, 1.54) is 0 Å². The molecule has 2 aromatic rings. The van der Waals surface area contributed by atoms with Crippen LogP contribution in [0.3, 0.4) is 0 Å². The number of morpholine rings is 1. The number of rotatable bonds is 3. The average Bonchev–Trinajstić information content (AvgIpc) is 3.03. The second-order valence-corrected chi connectivity index (χ2v) is 5.09. The minimum absolute atomic E-state index is 0.120. The molecule has 0 spiro atoms. The molecular weight excluding hydrogens is 284 g/mol. The number of nitrogens with zero attached hydrogens (tertiary/aromatic N) is 5. The summed E-state index contributed by atoms with van der Waals surface area (Å²) >= 11 is 0. The van der Waals surface area contributed by atoms with Crippen LogP contribution in [0.1, 0.15) is 41.0 Å². The molecule has 0 radical (unpaired) electrons. The molecule has 116 valence electrons. The van der Waals surface area contributed by atoms with Crippen LogP contribution in [0.2, 0.25) is 0 Å². The minimum atomic E-state index is -0.308.